The molecule has 0 spiro atoms. The molecule has 34 heavy (non-hydrogen) atoms. The normalized spacial score (nSPS) is 18.9. The van der Waals surface area contributed by atoms with E-state index in [1.807, 2.05) is 39.0 Å². The van der Waals surface area contributed by atoms with Crippen LogP contribution in [0.3, 0.4) is 0 Å². The van der Waals surface area contributed by atoms with Crippen molar-refractivity contribution in [2.75, 3.05) is 25.0 Å². The molecule has 2 unspecified atom stereocenters. The van der Waals surface area contributed by atoms with Crippen molar-refractivity contribution in [2.24, 2.45) is 5.41 Å². The van der Waals surface area contributed by atoms with E-state index >= 15 is 0 Å². The minimum Gasteiger partial charge on any atom is -0.346 e. The highest BCUT2D eigenvalue weighted by molar-refractivity contribution is 6.30. The van der Waals surface area contributed by atoms with E-state index in [9.17, 15) is 19.2 Å². The van der Waals surface area contributed by atoms with Crippen LogP contribution < -0.4 is 10.6 Å². The molecule has 4 amide bonds. The Morgan fingerprint density at radius 1 is 1.12 bits per heavy atom. The number of anilines is 1. The minimum atomic E-state index is -0.826. The summed E-state index contributed by atoms with van der Waals surface area (Å²) in [6, 6.07) is 11.1. The van der Waals surface area contributed by atoms with Crippen LogP contribution >= 0.6 is 11.6 Å². The second-order valence-corrected chi connectivity index (χ2v) is 10.1. The molecule has 8 nitrogen and oxygen atoms in total. The number of hydrogen-bond donors (Lipinski definition) is 2. The third kappa shape index (κ3) is 4.50. The number of fused-ring (bicyclic) bond motifs is 2. The van der Waals surface area contributed by atoms with Gasteiger partial charge in [0.2, 0.25) is 18.2 Å². The van der Waals surface area contributed by atoms with E-state index in [2.05, 4.69) is 10.6 Å². The summed E-state index contributed by atoms with van der Waals surface area (Å²) in [6.45, 7) is 6.12. The van der Waals surface area contributed by atoms with Crippen LogP contribution in [0.2, 0.25) is 5.02 Å². The quantitative estimate of drug-likeness (QED) is 0.654. The topological polar surface area (TPSA) is 98.8 Å². The third-order valence-corrected chi connectivity index (χ3v) is 6.54. The van der Waals surface area contributed by atoms with Gasteiger partial charge in [0.1, 0.15) is 12.1 Å². The molecule has 2 aliphatic heterocycles. The van der Waals surface area contributed by atoms with E-state index in [-0.39, 0.29) is 37.4 Å². The van der Waals surface area contributed by atoms with Crippen molar-refractivity contribution in [1.82, 2.24) is 15.1 Å². The second kappa shape index (κ2) is 9.10. The Hall–Kier alpha value is -3.39. The third-order valence-electron chi connectivity index (χ3n) is 6.29. The lowest BCUT2D eigenvalue weighted by atomic mass is 9.85. The van der Waals surface area contributed by atoms with Crippen molar-refractivity contribution in [3.8, 4) is 11.1 Å². The smallest absolute Gasteiger partial charge is 0.256 e. The number of rotatable bonds is 4. The molecule has 0 bridgehead atoms. The molecule has 2 heterocycles. The Morgan fingerprint density at radius 3 is 2.44 bits per heavy atom. The zero-order valence-electron chi connectivity index (χ0n) is 19.3. The number of benzene rings is 2. The van der Waals surface area contributed by atoms with Gasteiger partial charge in [0.05, 0.1) is 17.8 Å². The summed E-state index contributed by atoms with van der Waals surface area (Å²) in [4.78, 5) is 53.9. The van der Waals surface area contributed by atoms with Gasteiger partial charge in [0.15, 0.2) is 0 Å². The molecule has 2 aromatic carbocycles. The van der Waals surface area contributed by atoms with Gasteiger partial charge in [-0.05, 0) is 40.8 Å². The van der Waals surface area contributed by atoms with Crippen molar-refractivity contribution in [1.29, 1.82) is 0 Å². The van der Waals surface area contributed by atoms with Crippen LogP contribution in [0.15, 0.2) is 42.5 Å². The Balaban J connectivity index is 1.60. The molecule has 2 N–H and O–H groups in total. The van der Waals surface area contributed by atoms with Crippen LogP contribution in [0.25, 0.3) is 11.1 Å². The molecule has 0 saturated carbocycles. The molecular weight excluding hydrogens is 456 g/mol. The number of halogens is 1. The monoisotopic (exact) mass is 482 g/mol. The average Bonchev–Trinajstić information content (AvgIpc) is 2.91. The summed E-state index contributed by atoms with van der Waals surface area (Å²) in [6.07, 6.45) is 0.515. The van der Waals surface area contributed by atoms with Gasteiger partial charge < -0.3 is 20.4 Å². The van der Waals surface area contributed by atoms with E-state index in [0.717, 1.165) is 11.1 Å². The van der Waals surface area contributed by atoms with Crippen LogP contribution in [-0.2, 0) is 14.4 Å². The Morgan fingerprint density at radius 2 is 1.79 bits per heavy atom. The Bertz CT molecular complexity index is 1140. The van der Waals surface area contributed by atoms with Crippen LogP contribution in [0.4, 0.5) is 5.69 Å². The van der Waals surface area contributed by atoms with Crippen molar-refractivity contribution >= 4 is 41.4 Å². The molecule has 0 aromatic heterocycles. The molecule has 9 heteroatoms. The maximum atomic E-state index is 13.5. The van der Waals surface area contributed by atoms with E-state index < -0.39 is 17.5 Å². The SMILES string of the molecule is CC(C)(C)C(NC=O)C(=O)N1CCN2C(=O)c3cc(-c4ccc(Cl)cc4)ccc3NC(=O)C2C1. The highest BCUT2D eigenvalue weighted by Crippen LogP contribution is 2.31. The summed E-state index contributed by atoms with van der Waals surface area (Å²) in [5.41, 5.74) is 2.07. The number of nitrogens with zero attached hydrogens (tertiary/aromatic N) is 2. The van der Waals surface area contributed by atoms with E-state index in [4.69, 9.17) is 11.6 Å². The van der Waals surface area contributed by atoms with Gasteiger partial charge in [-0.2, -0.15) is 0 Å². The first kappa shape index (κ1) is 23.8. The lowest BCUT2D eigenvalue weighted by Gasteiger charge is -2.42. The van der Waals surface area contributed by atoms with Gasteiger partial charge in [-0.1, -0.05) is 50.6 Å². The minimum absolute atomic E-state index is 0.0571. The highest BCUT2D eigenvalue weighted by atomic mass is 35.5. The standard InChI is InChI=1S/C25H27ClN4O4/c1-25(2,3)21(27-14-31)24(34)29-10-11-30-20(13-29)22(32)28-19-9-6-16(12-18(19)23(30)33)15-4-7-17(26)8-5-15/h4-9,12,14,20-21H,10-11,13H2,1-3H3,(H,27,31)(H,28,32). The largest absolute Gasteiger partial charge is 0.346 e. The van der Waals surface area contributed by atoms with Crippen LogP contribution in [-0.4, -0.2) is 65.6 Å². The molecule has 178 valence electrons. The van der Waals surface area contributed by atoms with Gasteiger partial charge in [0, 0.05) is 18.1 Å². The number of piperazine rings is 1. The number of carbonyl (C=O) groups is 4. The summed E-state index contributed by atoms with van der Waals surface area (Å²) in [5.74, 6) is -0.884. The molecular formula is C25H27ClN4O4. The van der Waals surface area contributed by atoms with Gasteiger partial charge >= 0.3 is 0 Å². The molecule has 2 atom stereocenters. The molecule has 0 radical (unpaired) electrons. The Labute approximate surface area is 203 Å². The average molecular weight is 483 g/mol. The number of nitrogens with one attached hydrogen (secondary N) is 2. The molecule has 2 aliphatic rings. The fourth-order valence-electron chi connectivity index (χ4n) is 4.42. The first-order valence-corrected chi connectivity index (χ1v) is 11.5. The maximum Gasteiger partial charge on any atom is 0.256 e. The van der Waals surface area contributed by atoms with Crippen molar-refractivity contribution in [3.05, 3.63) is 53.1 Å². The van der Waals surface area contributed by atoms with Crippen LogP contribution in [0.5, 0.6) is 0 Å². The lowest BCUT2D eigenvalue weighted by molar-refractivity contribution is -0.141. The fourth-order valence-corrected chi connectivity index (χ4v) is 4.54. The van der Waals surface area contributed by atoms with Crippen molar-refractivity contribution < 1.29 is 19.2 Å². The Kier molecular flexibility index (Phi) is 6.36. The van der Waals surface area contributed by atoms with E-state index in [1.54, 1.807) is 29.2 Å². The zero-order chi connectivity index (χ0) is 24.6. The van der Waals surface area contributed by atoms with Crippen LogP contribution in [0, 0.1) is 5.41 Å². The molecule has 0 aliphatic carbocycles. The van der Waals surface area contributed by atoms with Gasteiger partial charge in [-0.25, -0.2) is 0 Å². The summed E-state index contributed by atoms with van der Waals surface area (Å²) in [5, 5.41) is 6.07. The highest BCUT2D eigenvalue weighted by Gasteiger charge is 2.43. The molecule has 1 saturated heterocycles. The summed E-state index contributed by atoms with van der Waals surface area (Å²) < 4.78 is 0. The summed E-state index contributed by atoms with van der Waals surface area (Å²) >= 11 is 5.99. The lowest BCUT2D eigenvalue weighted by Crippen LogP contribution is -2.63. The second-order valence-electron chi connectivity index (χ2n) is 9.64. The van der Waals surface area contributed by atoms with Crippen molar-refractivity contribution in [2.45, 2.75) is 32.9 Å². The van der Waals surface area contributed by atoms with Gasteiger partial charge in [0.25, 0.3) is 5.91 Å². The van der Waals surface area contributed by atoms with Gasteiger partial charge in [-0.3, -0.25) is 19.2 Å². The first-order chi connectivity index (χ1) is 16.1. The van der Waals surface area contributed by atoms with E-state index in [1.165, 1.54) is 4.90 Å². The zero-order valence-corrected chi connectivity index (χ0v) is 20.1. The number of hydrogen-bond acceptors (Lipinski definition) is 4. The number of carbonyl (C=O) groups excluding carboxylic acids is 4. The predicted octanol–water partition coefficient (Wildman–Crippen LogP) is 2.77. The summed E-state index contributed by atoms with van der Waals surface area (Å²) in [7, 11) is 0. The molecule has 2 aromatic rings. The number of amides is 4. The van der Waals surface area contributed by atoms with Crippen LogP contribution in [0.1, 0.15) is 31.1 Å². The van der Waals surface area contributed by atoms with Crippen molar-refractivity contribution in [3.63, 3.8) is 0 Å². The molecule has 4 rings (SSSR count). The predicted molar refractivity (Wildman–Crippen MR) is 129 cm³/mol. The van der Waals surface area contributed by atoms with Gasteiger partial charge in [-0.15, -0.1) is 0 Å². The fraction of sp³-hybridized carbons (Fsp3) is 0.360. The van der Waals surface area contributed by atoms with E-state index in [0.29, 0.717) is 22.7 Å². The molecule has 1 fully saturated rings. The maximum absolute atomic E-state index is 13.5. The first-order valence-electron chi connectivity index (χ1n) is 11.1.